The predicted molar refractivity (Wildman–Crippen MR) is 102 cm³/mol. The number of aliphatic hydroxyl groups is 1. The number of carbonyl (C=O) groups is 1. The van der Waals surface area contributed by atoms with Gasteiger partial charge >= 0.3 is 0 Å². The molecule has 0 atom stereocenters. The average molecular weight is 364 g/mol. The minimum absolute atomic E-state index is 0.0193. The number of hydrogen-bond acceptors (Lipinski definition) is 5. The Balaban J connectivity index is 1.79. The van der Waals surface area contributed by atoms with Crippen molar-refractivity contribution in [3.8, 4) is 11.1 Å². The van der Waals surface area contributed by atoms with Crippen molar-refractivity contribution in [3.05, 3.63) is 52.2 Å². The number of aryl methyl sites for hydroxylation is 2. The van der Waals surface area contributed by atoms with Crippen LogP contribution in [0.3, 0.4) is 0 Å². The van der Waals surface area contributed by atoms with Crippen LogP contribution in [0.2, 0.25) is 0 Å². The number of amides is 1. The molecular weight excluding hydrogens is 344 g/mol. The zero-order valence-electron chi connectivity index (χ0n) is 15.2. The van der Waals surface area contributed by atoms with Crippen molar-refractivity contribution < 1.29 is 9.90 Å². The van der Waals surface area contributed by atoms with Crippen LogP contribution >= 0.6 is 0 Å². The van der Waals surface area contributed by atoms with E-state index in [1.165, 1.54) is 0 Å². The Labute approximate surface area is 155 Å². The van der Waals surface area contributed by atoms with E-state index < -0.39 is 0 Å². The molecule has 7 nitrogen and oxygen atoms in total. The Morgan fingerprint density at radius 3 is 2.67 bits per heavy atom. The molecule has 0 bridgehead atoms. The molecule has 0 aromatic carbocycles. The Hall–Kier alpha value is -3.06. The Morgan fingerprint density at radius 2 is 2.00 bits per heavy atom. The predicted octanol–water partition coefficient (Wildman–Crippen LogP) is 2.14. The number of nitrogens with one attached hydrogen (secondary N) is 1. The third-order valence-corrected chi connectivity index (χ3v) is 4.93. The van der Waals surface area contributed by atoms with Gasteiger partial charge < -0.3 is 15.0 Å². The van der Waals surface area contributed by atoms with Crippen molar-refractivity contribution in [2.24, 2.45) is 13.0 Å². The third-order valence-electron chi connectivity index (χ3n) is 4.93. The van der Waals surface area contributed by atoms with Crippen LogP contribution in [0.15, 0.2) is 35.4 Å². The second kappa shape index (κ2) is 6.59. The van der Waals surface area contributed by atoms with E-state index in [1.807, 2.05) is 6.92 Å². The van der Waals surface area contributed by atoms with Crippen LogP contribution in [-0.4, -0.2) is 25.5 Å². The van der Waals surface area contributed by atoms with E-state index in [0.717, 1.165) is 29.4 Å². The van der Waals surface area contributed by atoms with E-state index in [1.54, 1.807) is 42.2 Å². The molecule has 0 unspecified atom stereocenters. The molecule has 1 saturated carbocycles. The molecule has 7 heteroatoms. The van der Waals surface area contributed by atoms with Crippen molar-refractivity contribution in [1.82, 2.24) is 14.5 Å². The Morgan fingerprint density at radius 1 is 1.22 bits per heavy atom. The fourth-order valence-corrected chi connectivity index (χ4v) is 3.18. The van der Waals surface area contributed by atoms with Gasteiger partial charge in [-0.1, -0.05) is 0 Å². The van der Waals surface area contributed by atoms with Crippen molar-refractivity contribution in [1.29, 1.82) is 0 Å². The summed E-state index contributed by atoms with van der Waals surface area (Å²) in [5.41, 5.74) is 3.22. The molecule has 0 spiro atoms. The number of hydrogen-bond donors (Lipinski definition) is 2. The molecule has 1 aliphatic carbocycles. The van der Waals surface area contributed by atoms with E-state index >= 15 is 0 Å². The molecule has 0 saturated heterocycles. The number of nitrogens with zero attached hydrogens (tertiary/aromatic N) is 3. The highest BCUT2D eigenvalue weighted by atomic mass is 16.3. The van der Waals surface area contributed by atoms with Crippen LogP contribution in [0.25, 0.3) is 22.0 Å². The fraction of sp³-hybridized carbons (Fsp3) is 0.300. The second-order valence-electron chi connectivity index (χ2n) is 6.96. The fourth-order valence-electron chi connectivity index (χ4n) is 3.18. The lowest BCUT2D eigenvalue weighted by atomic mass is 10.0. The summed E-state index contributed by atoms with van der Waals surface area (Å²) in [7, 11) is 1.70. The van der Waals surface area contributed by atoms with Gasteiger partial charge in [-0.05, 0) is 37.5 Å². The SMILES string of the molecule is Cc1cc(CO)ncc1-c1cc2cnc(NC(=O)C3CC3)cc2n(C)c1=O. The van der Waals surface area contributed by atoms with Gasteiger partial charge in [0.15, 0.2) is 0 Å². The van der Waals surface area contributed by atoms with Gasteiger partial charge in [0.1, 0.15) is 5.82 Å². The van der Waals surface area contributed by atoms with E-state index in [-0.39, 0.29) is 24.0 Å². The topological polar surface area (TPSA) is 97.1 Å². The summed E-state index contributed by atoms with van der Waals surface area (Å²) in [5, 5.41) is 12.8. The van der Waals surface area contributed by atoms with Crippen molar-refractivity contribution in [3.63, 3.8) is 0 Å². The number of anilines is 1. The van der Waals surface area contributed by atoms with E-state index in [0.29, 0.717) is 22.6 Å². The number of carbonyl (C=O) groups excluding carboxylic acids is 1. The first-order valence-corrected chi connectivity index (χ1v) is 8.85. The van der Waals surface area contributed by atoms with E-state index in [2.05, 4.69) is 15.3 Å². The lowest BCUT2D eigenvalue weighted by Gasteiger charge is -2.12. The van der Waals surface area contributed by atoms with Gasteiger partial charge in [0, 0.05) is 47.9 Å². The maximum atomic E-state index is 12.9. The number of pyridine rings is 3. The first kappa shape index (κ1) is 17.4. The van der Waals surface area contributed by atoms with Gasteiger partial charge in [-0.25, -0.2) is 4.98 Å². The summed E-state index contributed by atoms with van der Waals surface area (Å²) in [6, 6.07) is 5.29. The molecular formula is C20H20N4O3. The standard InChI is InChI=1S/C20H20N4O3/c1-11-5-14(10-25)21-9-16(11)15-6-13-8-22-18(23-19(26)12-3-4-12)7-17(13)24(2)20(15)27/h5-9,12,25H,3-4,10H2,1-2H3,(H,22,23,26). The van der Waals surface area contributed by atoms with Crippen LogP contribution in [0.5, 0.6) is 0 Å². The lowest BCUT2D eigenvalue weighted by Crippen LogP contribution is -2.20. The average Bonchev–Trinajstić information content (AvgIpc) is 3.50. The molecule has 0 radical (unpaired) electrons. The van der Waals surface area contributed by atoms with Crippen LogP contribution in [0.4, 0.5) is 5.82 Å². The normalized spacial score (nSPS) is 13.7. The summed E-state index contributed by atoms with van der Waals surface area (Å²) in [6.07, 6.45) is 5.11. The first-order valence-electron chi connectivity index (χ1n) is 8.85. The van der Waals surface area contributed by atoms with Gasteiger partial charge in [0.05, 0.1) is 17.8 Å². The number of aliphatic hydroxyl groups excluding tert-OH is 1. The quantitative estimate of drug-likeness (QED) is 0.739. The molecule has 3 aromatic rings. The Kier molecular flexibility index (Phi) is 4.24. The molecule has 3 heterocycles. The lowest BCUT2D eigenvalue weighted by molar-refractivity contribution is -0.117. The highest BCUT2D eigenvalue weighted by molar-refractivity contribution is 5.95. The maximum absolute atomic E-state index is 12.9. The molecule has 3 aromatic heterocycles. The number of fused-ring (bicyclic) bond motifs is 1. The smallest absolute Gasteiger partial charge is 0.258 e. The molecule has 4 rings (SSSR count). The zero-order valence-corrected chi connectivity index (χ0v) is 15.2. The maximum Gasteiger partial charge on any atom is 0.258 e. The van der Waals surface area contributed by atoms with Gasteiger partial charge in [0.25, 0.3) is 5.56 Å². The summed E-state index contributed by atoms with van der Waals surface area (Å²) in [5.74, 6) is 0.521. The van der Waals surface area contributed by atoms with Crippen LogP contribution in [0, 0.1) is 12.8 Å². The summed E-state index contributed by atoms with van der Waals surface area (Å²) < 4.78 is 1.55. The van der Waals surface area contributed by atoms with Gasteiger partial charge in [-0.2, -0.15) is 0 Å². The molecule has 2 N–H and O–H groups in total. The van der Waals surface area contributed by atoms with Gasteiger partial charge in [0.2, 0.25) is 5.91 Å². The molecule has 27 heavy (non-hydrogen) atoms. The second-order valence-corrected chi connectivity index (χ2v) is 6.96. The molecule has 1 fully saturated rings. The monoisotopic (exact) mass is 364 g/mol. The summed E-state index contributed by atoms with van der Waals surface area (Å²) >= 11 is 0. The van der Waals surface area contributed by atoms with Crippen molar-refractivity contribution in [2.45, 2.75) is 26.4 Å². The number of rotatable bonds is 4. The third kappa shape index (κ3) is 3.21. The van der Waals surface area contributed by atoms with E-state index in [9.17, 15) is 14.7 Å². The highest BCUT2D eigenvalue weighted by Gasteiger charge is 2.29. The minimum Gasteiger partial charge on any atom is -0.390 e. The molecule has 1 aliphatic rings. The highest BCUT2D eigenvalue weighted by Crippen LogP contribution is 2.30. The largest absolute Gasteiger partial charge is 0.390 e. The van der Waals surface area contributed by atoms with Crippen LogP contribution in [-0.2, 0) is 18.4 Å². The van der Waals surface area contributed by atoms with Crippen molar-refractivity contribution in [2.75, 3.05) is 5.32 Å². The van der Waals surface area contributed by atoms with Crippen LogP contribution in [0.1, 0.15) is 24.1 Å². The summed E-state index contributed by atoms with van der Waals surface area (Å²) in [4.78, 5) is 33.4. The first-order chi connectivity index (χ1) is 13.0. The minimum atomic E-state index is -0.158. The molecule has 138 valence electrons. The Bertz CT molecular complexity index is 1120. The van der Waals surface area contributed by atoms with Gasteiger partial charge in [-0.15, -0.1) is 0 Å². The molecule has 0 aliphatic heterocycles. The summed E-state index contributed by atoms with van der Waals surface area (Å²) in [6.45, 7) is 1.74. The molecule has 1 amide bonds. The zero-order chi connectivity index (χ0) is 19.1. The van der Waals surface area contributed by atoms with Crippen molar-refractivity contribution >= 4 is 22.6 Å². The van der Waals surface area contributed by atoms with Gasteiger partial charge in [-0.3, -0.25) is 14.6 Å². The van der Waals surface area contributed by atoms with E-state index in [4.69, 9.17) is 0 Å². The number of aromatic nitrogens is 3. The van der Waals surface area contributed by atoms with Crippen LogP contribution < -0.4 is 10.9 Å².